The standard InChI is InChI=1S/C17H18BrNO2/c1-12-3-8-16(21-2)15(9-12)17(20)19-11-14-6-4-13(10-18)5-7-14/h3-9H,10-11H2,1-2H3,(H,19,20). The Kier molecular flexibility index (Phi) is 5.39. The molecular formula is C17H18BrNO2. The van der Waals surface area contributed by atoms with Crippen molar-refractivity contribution < 1.29 is 9.53 Å². The molecule has 21 heavy (non-hydrogen) atoms. The van der Waals surface area contributed by atoms with Gasteiger partial charge in [-0.1, -0.05) is 51.8 Å². The molecule has 1 amide bonds. The molecule has 0 aliphatic heterocycles. The fraction of sp³-hybridized carbons (Fsp3) is 0.235. The number of benzene rings is 2. The van der Waals surface area contributed by atoms with Crippen LogP contribution in [0.5, 0.6) is 5.75 Å². The second kappa shape index (κ2) is 7.27. The maximum atomic E-state index is 12.3. The van der Waals surface area contributed by atoms with E-state index in [9.17, 15) is 4.79 Å². The minimum atomic E-state index is -0.125. The van der Waals surface area contributed by atoms with E-state index in [1.54, 1.807) is 7.11 Å². The highest BCUT2D eigenvalue weighted by Gasteiger charge is 2.12. The SMILES string of the molecule is COc1ccc(C)cc1C(=O)NCc1ccc(CBr)cc1. The molecule has 0 fully saturated rings. The second-order valence-electron chi connectivity index (χ2n) is 4.84. The van der Waals surface area contributed by atoms with Crippen molar-refractivity contribution in [3.05, 3.63) is 64.7 Å². The lowest BCUT2D eigenvalue weighted by Gasteiger charge is -2.10. The Morgan fingerprint density at radius 1 is 1.14 bits per heavy atom. The fourth-order valence-electron chi connectivity index (χ4n) is 2.02. The molecule has 0 radical (unpaired) electrons. The largest absolute Gasteiger partial charge is 0.496 e. The lowest BCUT2D eigenvalue weighted by atomic mass is 10.1. The molecule has 4 heteroatoms. The molecular weight excluding hydrogens is 330 g/mol. The maximum absolute atomic E-state index is 12.3. The minimum Gasteiger partial charge on any atom is -0.496 e. The molecule has 3 nitrogen and oxygen atoms in total. The van der Waals surface area contributed by atoms with Crippen molar-refractivity contribution in [2.45, 2.75) is 18.8 Å². The third-order valence-corrected chi connectivity index (χ3v) is 3.88. The van der Waals surface area contributed by atoms with Crippen LogP contribution in [0.4, 0.5) is 0 Å². The van der Waals surface area contributed by atoms with Gasteiger partial charge in [0.15, 0.2) is 0 Å². The molecule has 0 aliphatic carbocycles. The van der Waals surface area contributed by atoms with Crippen LogP contribution in [-0.4, -0.2) is 13.0 Å². The summed E-state index contributed by atoms with van der Waals surface area (Å²) in [6, 6.07) is 13.7. The number of alkyl halides is 1. The van der Waals surface area contributed by atoms with Crippen LogP contribution >= 0.6 is 15.9 Å². The van der Waals surface area contributed by atoms with Crippen molar-refractivity contribution in [1.82, 2.24) is 5.32 Å². The van der Waals surface area contributed by atoms with Gasteiger partial charge in [-0.25, -0.2) is 0 Å². The average molecular weight is 348 g/mol. The normalized spacial score (nSPS) is 10.2. The molecule has 0 aliphatic rings. The van der Waals surface area contributed by atoms with Gasteiger partial charge in [0.05, 0.1) is 12.7 Å². The average Bonchev–Trinajstić information content (AvgIpc) is 2.53. The lowest BCUT2D eigenvalue weighted by Crippen LogP contribution is -2.23. The quantitative estimate of drug-likeness (QED) is 0.834. The molecule has 0 saturated carbocycles. The molecule has 2 aromatic rings. The van der Waals surface area contributed by atoms with Crippen molar-refractivity contribution >= 4 is 21.8 Å². The Morgan fingerprint density at radius 2 is 1.81 bits per heavy atom. The highest BCUT2D eigenvalue weighted by atomic mass is 79.9. The molecule has 0 spiro atoms. The van der Waals surface area contributed by atoms with Gasteiger partial charge in [0.25, 0.3) is 5.91 Å². The van der Waals surface area contributed by atoms with Gasteiger partial charge < -0.3 is 10.1 Å². The molecule has 0 aromatic heterocycles. The molecule has 0 saturated heterocycles. The smallest absolute Gasteiger partial charge is 0.255 e. The third kappa shape index (κ3) is 4.08. The molecule has 2 aromatic carbocycles. The highest BCUT2D eigenvalue weighted by Crippen LogP contribution is 2.19. The second-order valence-corrected chi connectivity index (χ2v) is 5.40. The highest BCUT2D eigenvalue weighted by molar-refractivity contribution is 9.08. The first-order valence-corrected chi connectivity index (χ1v) is 7.83. The zero-order chi connectivity index (χ0) is 15.2. The number of ether oxygens (including phenoxy) is 1. The van der Waals surface area contributed by atoms with Crippen LogP contribution in [0.1, 0.15) is 27.0 Å². The number of carbonyl (C=O) groups excluding carboxylic acids is 1. The van der Waals surface area contributed by atoms with Gasteiger partial charge in [-0.15, -0.1) is 0 Å². The Morgan fingerprint density at radius 3 is 2.43 bits per heavy atom. The minimum absolute atomic E-state index is 0.125. The lowest BCUT2D eigenvalue weighted by molar-refractivity contribution is 0.0948. The first-order chi connectivity index (χ1) is 10.1. The summed E-state index contributed by atoms with van der Waals surface area (Å²) in [5, 5.41) is 3.76. The summed E-state index contributed by atoms with van der Waals surface area (Å²) in [4.78, 5) is 12.3. The maximum Gasteiger partial charge on any atom is 0.255 e. The fourth-order valence-corrected chi connectivity index (χ4v) is 2.40. The van der Waals surface area contributed by atoms with Gasteiger partial charge in [-0.3, -0.25) is 4.79 Å². The first-order valence-electron chi connectivity index (χ1n) is 6.70. The van der Waals surface area contributed by atoms with Gasteiger partial charge in [0.2, 0.25) is 0 Å². The summed E-state index contributed by atoms with van der Waals surface area (Å²) in [6.45, 7) is 2.45. The number of nitrogens with one attached hydrogen (secondary N) is 1. The van der Waals surface area contributed by atoms with Crippen LogP contribution in [0.2, 0.25) is 0 Å². The van der Waals surface area contributed by atoms with Crippen LogP contribution in [0.15, 0.2) is 42.5 Å². The van der Waals surface area contributed by atoms with E-state index in [-0.39, 0.29) is 5.91 Å². The van der Waals surface area contributed by atoms with Crippen molar-refractivity contribution in [3.63, 3.8) is 0 Å². The van der Waals surface area contributed by atoms with Crippen molar-refractivity contribution in [2.24, 2.45) is 0 Å². The Bertz CT molecular complexity index is 623. The predicted octanol–water partition coefficient (Wildman–Crippen LogP) is 3.83. The Labute approximate surface area is 133 Å². The van der Waals surface area contributed by atoms with Gasteiger partial charge in [0.1, 0.15) is 5.75 Å². The molecule has 0 bridgehead atoms. The number of carbonyl (C=O) groups is 1. The van der Waals surface area contributed by atoms with Gasteiger partial charge in [0, 0.05) is 11.9 Å². The van der Waals surface area contributed by atoms with E-state index in [4.69, 9.17) is 4.74 Å². The molecule has 0 unspecified atom stereocenters. The zero-order valence-corrected chi connectivity index (χ0v) is 13.7. The number of aryl methyl sites for hydroxylation is 1. The summed E-state index contributed by atoms with van der Waals surface area (Å²) in [7, 11) is 1.57. The first kappa shape index (κ1) is 15.6. The monoisotopic (exact) mass is 347 g/mol. The predicted molar refractivity (Wildman–Crippen MR) is 88.0 cm³/mol. The summed E-state index contributed by atoms with van der Waals surface area (Å²) in [6.07, 6.45) is 0. The number of amides is 1. The van der Waals surface area contributed by atoms with Crippen LogP contribution in [-0.2, 0) is 11.9 Å². The van der Waals surface area contributed by atoms with E-state index in [0.29, 0.717) is 17.9 Å². The molecule has 0 atom stereocenters. The molecule has 110 valence electrons. The van der Waals surface area contributed by atoms with E-state index < -0.39 is 0 Å². The Hall–Kier alpha value is -1.81. The van der Waals surface area contributed by atoms with Gasteiger partial charge in [-0.05, 0) is 30.2 Å². The van der Waals surface area contributed by atoms with Crippen LogP contribution in [0, 0.1) is 6.92 Å². The third-order valence-electron chi connectivity index (χ3n) is 3.23. The van der Waals surface area contributed by atoms with E-state index in [2.05, 4.69) is 21.2 Å². The van der Waals surface area contributed by atoms with Gasteiger partial charge >= 0.3 is 0 Å². The molecule has 1 N–H and O–H groups in total. The van der Waals surface area contributed by atoms with E-state index in [0.717, 1.165) is 16.5 Å². The van der Waals surface area contributed by atoms with E-state index in [1.807, 2.05) is 49.4 Å². The zero-order valence-electron chi connectivity index (χ0n) is 12.2. The summed E-state index contributed by atoms with van der Waals surface area (Å²) in [5.74, 6) is 0.466. The van der Waals surface area contributed by atoms with E-state index in [1.165, 1.54) is 5.56 Å². The van der Waals surface area contributed by atoms with Crippen molar-refractivity contribution in [2.75, 3.05) is 7.11 Å². The summed E-state index contributed by atoms with van der Waals surface area (Å²) >= 11 is 3.41. The Balaban J connectivity index is 2.05. The van der Waals surface area contributed by atoms with Gasteiger partial charge in [-0.2, -0.15) is 0 Å². The summed E-state index contributed by atoms with van der Waals surface area (Å²) in [5.41, 5.74) is 3.88. The number of methoxy groups -OCH3 is 1. The number of rotatable bonds is 5. The van der Waals surface area contributed by atoms with E-state index >= 15 is 0 Å². The van der Waals surface area contributed by atoms with Crippen LogP contribution in [0.25, 0.3) is 0 Å². The molecule has 0 heterocycles. The summed E-state index contributed by atoms with van der Waals surface area (Å²) < 4.78 is 5.24. The number of halogens is 1. The molecule has 2 rings (SSSR count). The van der Waals surface area contributed by atoms with Crippen molar-refractivity contribution in [3.8, 4) is 5.75 Å². The van der Waals surface area contributed by atoms with Crippen LogP contribution < -0.4 is 10.1 Å². The topological polar surface area (TPSA) is 38.3 Å². The number of hydrogen-bond acceptors (Lipinski definition) is 2. The number of hydrogen-bond donors (Lipinski definition) is 1. The van der Waals surface area contributed by atoms with Crippen LogP contribution in [0.3, 0.4) is 0 Å². The van der Waals surface area contributed by atoms with Crippen molar-refractivity contribution in [1.29, 1.82) is 0 Å².